The van der Waals surface area contributed by atoms with Gasteiger partial charge in [-0.1, -0.05) is 19.6 Å². The second-order valence-corrected chi connectivity index (χ2v) is 13.3. The average Bonchev–Trinajstić information content (AvgIpc) is 2.50. The molecule has 1 unspecified atom stereocenters. The maximum Gasteiger partial charge on any atom is 0.411 e. The molecule has 140 valence electrons. The van der Waals surface area contributed by atoms with Crippen LogP contribution in [0.5, 0.6) is 0 Å². The predicted molar refractivity (Wildman–Crippen MR) is 95.0 cm³/mol. The molecule has 1 heterocycles. The summed E-state index contributed by atoms with van der Waals surface area (Å²) in [4.78, 5) is 24.5. The van der Waals surface area contributed by atoms with Crippen LogP contribution in [0.4, 0.5) is 9.59 Å². The number of hydrogen-bond acceptors (Lipinski definition) is 4. The molecule has 2 N–H and O–H groups in total. The van der Waals surface area contributed by atoms with Crippen molar-refractivity contribution in [3.05, 3.63) is 0 Å². The zero-order chi connectivity index (χ0) is 18.2. The highest BCUT2D eigenvalue weighted by molar-refractivity contribution is 6.76. The Kier molecular flexibility index (Phi) is 8.55. The summed E-state index contributed by atoms with van der Waals surface area (Å²) in [5.41, 5.74) is 0. The third-order valence-corrected chi connectivity index (χ3v) is 5.93. The van der Waals surface area contributed by atoms with Crippen LogP contribution >= 0.6 is 0 Å². The maximum absolute atomic E-state index is 12.2. The second kappa shape index (κ2) is 9.88. The molecule has 0 aromatic heterocycles. The van der Waals surface area contributed by atoms with Crippen molar-refractivity contribution in [2.45, 2.75) is 57.5 Å². The van der Waals surface area contributed by atoms with Crippen LogP contribution in [0.1, 0.15) is 25.7 Å². The fourth-order valence-corrected chi connectivity index (χ4v) is 3.32. The number of hydrogen-bond donors (Lipinski definition) is 2. The van der Waals surface area contributed by atoms with Crippen molar-refractivity contribution in [2.75, 3.05) is 26.9 Å². The topological polar surface area (TPSA) is 88.1 Å². The van der Waals surface area contributed by atoms with Crippen molar-refractivity contribution in [3.8, 4) is 0 Å². The summed E-state index contributed by atoms with van der Waals surface area (Å²) in [5.74, 6) is 0.424. The number of nitrogens with one attached hydrogen (secondary N) is 1. The van der Waals surface area contributed by atoms with E-state index in [1.807, 2.05) is 0 Å². The quantitative estimate of drug-likeness (QED) is 0.513. The molecule has 1 aliphatic heterocycles. The minimum absolute atomic E-state index is 0.384. The van der Waals surface area contributed by atoms with Gasteiger partial charge in [-0.25, -0.2) is 9.59 Å². The molecule has 1 aliphatic rings. The first-order valence-corrected chi connectivity index (χ1v) is 12.4. The van der Waals surface area contributed by atoms with E-state index in [0.29, 0.717) is 25.6 Å². The van der Waals surface area contributed by atoms with Crippen molar-refractivity contribution in [2.24, 2.45) is 5.92 Å². The molecule has 8 heteroatoms. The first kappa shape index (κ1) is 20.8. The van der Waals surface area contributed by atoms with E-state index in [1.54, 1.807) is 7.05 Å². The summed E-state index contributed by atoms with van der Waals surface area (Å²) in [6.07, 6.45) is 1.30. The third kappa shape index (κ3) is 8.54. The van der Waals surface area contributed by atoms with Gasteiger partial charge in [-0.2, -0.15) is 0 Å². The first-order valence-electron chi connectivity index (χ1n) is 8.66. The van der Waals surface area contributed by atoms with E-state index in [9.17, 15) is 9.59 Å². The molecule has 2 amide bonds. The van der Waals surface area contributed by atoms with Crippen LogP contribution in [0.2, 0.25) is 25.7 Å². The predicted octanol–water partition coefficient (Wildman–Crippen LogP) is 3.19. The highest BCUT2D eigenvalue weighted by atomic mass is 28.3. The van der Waals surface area contributed by atoms with Gasteiger partial charge in [0.05, 0.1) is 6.61 Å². The van der Waals surface area contributed by atoms with Gasteiger partial charge in [0.25, 0.3) is 0 Å². The zero-order valence-electron chi connectivity index (χ0n) is 15.3. The normalized spacial score (nSPS) is 19.4. The molecule has 2 atom stereocenters. The Labute approximate surface area is 145 Å². The minimum atomic E-state index is -1.27. The van der Waals surface area contributed by atoms with Crippen molar-refractivity contribution in [1.82, 2.24) is 10.2 Å². The van der Waals surface area contributed by atoms with Gasteiger partial charge in [-0.3, -0.25) is 4.90 Å². The Morgan fingerprint density at radius 3 is 2.67 bits per heavy atom. The summed E-state index contributed by atoms with van der Waals surface area (Å²) in [6, 6.07) is 0.892. The zero-order valence-corrected chi connectivity index (χ0v) is 16.3. The summed E-state index contributed by atoms with van der Waals surface area (Å²) >= 11 is 0. The molecule has 0 bridgehead atoms. The Morgan fingerprint density at radius 1 is 1.42 bits per heavy atom. The summed E-state index contributed by atoms with van der Waals surface area (Å²) in [6.45, 7) is 8.54. The van der Waals surface area contributed by atoms with Gasteiger partial charge in [-0.05, 0) is 37.6 Å². The van der Waals surface area contributed by atoms with Gasteiger partial charge in [-0.15, -0.1) is 0 Å². The van der Waals surface area contributed by atoms with Crippen LogP contribution in [0.25, 0.3) is 0 Å². The number of rotatable bonds is 8. The molecule has 1 saturated heterocycles. The molecule has 0 spiro atoms. The molecule has 1 fully saturated rings. The lowest BCUT2D eigenvalue weighted by atomic mass is 9.96. The van der Waals surface area contributed by atoms with Gasteiger partial charge >= 0.3 is 12.2 Å². The SMILES string of the molecule is CN(C(=O)OCC[Si](C)(C)C)C(CC[C@H]1CCCOC1)NC(=O)O. The summed E-state index contributed by atoms with van der Waals surface area (Å²) in [5, 5.41) is 11.4. The van der Waals surface area contributed by atoms with Crippen molar-refractivity contribution in [1.29, 1.82) is 0 Å². The van der Waals surface area contributed by atoms with E-state index in [4.69, 9.17) is 14.6 Å². The molecule has 1 rings (SSSR count). The molecule has 24 heavy (non-hydrogen) atoms. The van der Waals surface area contributed by atoms with Crippen molar-refractivity contribution in [3.63, 3.8) is 0 Å². The lowest BCUT2D eigenvalue weighted by Gasteiger charge is -2.30. The van der Waals surface area contributed by atoms with Crippen LogP contribution in [0, 0.1) is 5.92 Å². The van der Waals surface area contributed by atoms with E-state index in [-0.39, 0.29) is 0 Å². The molecule has 0 aliphatic carbocycles. The molecule has 0 saturated carbocycles. The fourth-order valence-electron chi connectivity index (χ4n) is 2.61. The Morgan fingerprint density at radius 2 is 2.12 bits per heavy atom. The number of carbonyl (C=O) groups is 2. The largest absolute Gasteiger partial charge is 0.465 e. The van der Waals surface area contributed by atoms with E-state index in [2.05, 4.69) is 25.0 Å². The highest BCUT2D eigenvalue weighted by Gasteiger charge is 2.25. The van der Waals surface area contributed by atoms with Crippen LogP contribution in [0.3, 0.4) is 0 Å². The van der Waals surface area contributed by atoms with Gasteiger partial charge in [0, 0.05) is 28.3 Å². The molecular formula is C16H32N2O5Si. The van der Waals surface area contributed by atoms with Gasteiger partial charge in [0.15, 0.2) is 0 Å². The molecular weight excluding hydrogens is 328 g/mol. The number of carbonyl (C=O) groups excluding carboxylic acids is 1. The maximum atomic E-state index is 12.2. The van der Waals surface area contributed by atoms with Crippen LogP contribution in [-0.4, -0.2) is 63.3 Å². The van der Waals surface area contributed by atoms with Crippen LogP contribution in [-0.2, 0) is 9.47 Å². The van der Waals surface area contributed by atoms with E-state index < -0.39 is 26.4 Å². The lowest BCUT2D eigenvalue weighted by Crippen LogP contribution is -2.49. The monoisotopic (exact) mass is 360 g/mol. The lowest BCUT2D eigenvalue weighted by molar-refractivity contribution is 0.0450. The van der Waals surface area contributed by atoms with Crippen molar-refractivity contribution >= 4 is 20.3 Å². The Balaban J connectivity index is 2.48. The van der Waals surface area contributed by atoms with Gasteiger partial charge in [0.2, 0.25) is 0 Å². The minimum Gasteiger partial charge on any atom is -0.465 e. The number of nitrogens with zero attached hydrogens (tertiary/aromatic N) is 1. The standard InChI is InChI=1S/C16H32N2O5Si/c1-18(16(21)23-10-11-24(2,3)4)14(17-15(19)20)8-7-13-6-5-9-22-12-13/h13-14,17H,5-12H2,1-4H3,(H,19,20)/t13-,14?/m1/s1. The molecule has 0 radical (unpaired) electrons. The number of carboxylic acid groups (broad SMARTS) is 1. The van der Waals surface area contributed by atoms with Crippen molar-refractivity contribution < 1.29 is 24.2 Å². The van der Waals surface area contributed by atoms with E-state index in [1.165, 1.54) is 4.90 Å². The van der Waals surface area contributed by atoms with Crippen LogP contribution < -0.4 is 5.32 Å². The second-order valence-electron chi connectivity index (χ2n) is 7.66. The van der Waals surface area contributed by atoms with E-state index >= 15 is 0 Å². The summed E-state index contributed by atoms with van der Waals surface area (Å²) in [7, 11) is 0.309. The van der Waals surface area contributed by atoms with E-state index in [0.717, 1.165) is 31.9 Å². The number of amides is 2. The first-order chi connectivity index (χ1) is 11.2. The summed E-state index contributed by atoms with van der Waals surface area (Å²) < 4.78 is 10.7. The van der Waals surface area contributed by atoms with Gasteiger partial charge < -0.3 is 19.9 Å². The molecule has 7 nitrogen and oxygen atoms in total. The molecule has 0 aromatic carbocycles. The average molecular weight is 361 g/mol. The number of ether oxygens (including phenoxy) is 2. The van der Waals surface area contributed by atoms with Crippen LogP contribution in [0.15, 0.2) is 0 Å². The highest BCUT2D eigenvalue weighted by Crippen LogP contribution is 2.20. The smallest absolute Gasteiger partial charge is 0.411 e. The Hall–Kier alpha value is -1.28. The van der Waals surface area contributed by atoms with Gasteiger partial charge in [0.1, 0.15) is 6.17 Å². The molecule has 0 aromatic rings. The third-order valence-electron chi connectivity index (χ3n) is 4.23. The Bertz CT molecular complexity index is 408. The fraction of sp³-hybridized carbons (Fsp3) is 0.875.